The predicted molar refractivity (Wildman–Crippen MR) is 70.2 cm³/mol. The zero-order valence-electron chi connectivity index (χ0n) is 10.6. The van der Waals surface area contributed by atoms with Gasteiger partial charge in [-0.3, -0.25) is 10.1 Å². The lowest BCUT2D eigenvalue weighted by molar-refractivity contribution is -0.384. The van der Waals surface area contributed by atoms with Gasteiger partial charge in [-0.25, -0.2) is 0 Å². The Morgan fingerprint density at radius 3 is 2.61 bits per heavy atom. The molecule has 0 fully saturated rings. The van der Waals surface area contributed by atoms with Crippen molar-refractivity contribution >= 4 is 5.69 Å². The van der Waals surface area contributed by atoms with Crippen LogP contribution in [0.4, 0.5) is 5.69 Å². The number of non-ortho nitro benzene ring substituents is 1. The lowest BCUT2D eigenvalue weighted by Gasteiger charge is -2.00. The number of nitro groups is 1. The summed E-state index contributed by atoms with van der Waals surface area (Å²) in [4.78, 5) is 10.0. The molecule has 1 aromatic carbocycles. The summed E-state index contributed by atoms with van der Waals surface area (Å²) in [7, 11) is 0. The van der Waals surface area contributed by atoms with Gasteiger partial charge in [0.05, 0.1) is 18.1 Å². The van der Waals surface area contributed by atoms with Crippen molar-refractivity contribution in [2.75, 3.05) is 6.61 Å². The Morgan fingerprint density at radius 2 is 2.06 bits per heavy atom. The van der Waals surface area contributed by atoms with Gasteiger partial charge in [-0.15, -0.1) is 5.73 Å². The van der Waals surface area contributed by atoms with Gasteiger partial charge in [-0.1, -0.05) is 13.8 Å². The molecule has 0 saturated carbocycles. The van der Waals surface area contributed by atoms with Crippen LogP contribution in [0.15, 0.2) is 42.1 Å². The molecule has 4 nitrogen and oxygen atoms in total. The summed E-state index contributed by atoms with van der Waals surface area (Å²) >= 11 is 0. The second-order valence-electron chi connectivity index (χ2n) is 4.22. The van der Waals surface area contributed by atoms with Gasteiger partial charge in [0.25, 0.3) is 5.69 Å². The molecular weight excluding hydrogens is 230 g/mol. The van der Waals surface area contributed by atoms with E-state index in [4.69, 9.17) is 4.74 Å². The van der Waals surface area contributed by atoms with Crippen LogP contribution in [-0.2, 0) is 11.3 Å². The molecule has 96 valence electrons. The normalized spacial score (nSPS) is 9.94. The fourth-order valence-corrected chi connectivity index (χ4v) is 1.26. The van der Waals surface area contributed by atoms with Gasteiger partial charge in [0, 0.05) is 12.1 Å². The molecule has 0 radical (unpaired) electrons. The van der Waals surface area contributed by atoms with Crippen LogP contribution in [0.1, 0.15) is 19.4 Å². The average Bonchev–Trinajstić information content (AvgIpc) is 2.34. The van der Waals surface area contributed by atoms with Crippen molar-refractivity contribution in [1.82, 2.24) is 0 Å². The first-order chi connectivity index (χ1) is 8.59. The zero-order valence-corrected chi connectivity index (χ0v) is 10.6. The van der Waals surface area contributed by atoms with E-state index >= 15 is 0 Å². The van der Waals surface area contributed by atoms with Crippen LogP contribution < -0.4 is 0 Å². The Bertz CT molecular complexity index is 443. The molecule has 0 aliphatic rings. The Labute approximate surface area is 107 Å². The van der Waals surface area contributed by atoms with Crippen molar-refractivity contribution in [3.63, 3.8) is 0 Å². The fourth-order valence-electron chi connectivity index (χ4n) is 1.26. The van der Waals surface area contributed by atoms with Crippen molar-refractivity contribution in [3.05, 3.63) is 57.8 Å². The predicted octanol–water partition coefficient (Wildman–Crippen LogP) is 3.48. The van der Waals surface area contributed by atoms with Crippen molar-refractivity contribution < 1.29 is 9.66 Å². The van der Waals surface area contributed by atoms with E-state index in [-0.39, 0.29) is 5.69 Å². The van der Waals surface area contributed by atoms with Crippen LogP contribution in [0.5, 0.6) is 0 Å². The van der Waals surface area contributed by atoms with Crippen LogP contribution in [0.2, 0.25) is 0 Å². The van der Waals surface area contributed by atoms with Crippen molar-refractivity contribution in [2.24, 2.45) is 5.92 Å². The molecule has 0 spiro atoms. The Kier molecular flexibility index (Phi) is 5.85. The van der Waals surface area contributed by atoms with Crippen LogP contribution in [0, 0.1) is 16.0 Å². The molecule has 1 rings (SSSR count). The molecule has 0 aromatic heterocycles. The molecule has 0 amide bonds. The van der Waals surface area contributed by atoms with E-state index in [0.717, 1.165) is 5.56 Å². The van der Waals surface area contributed by atoms with E-state index in [1.165, 1.54) is 12.1 Å². The van der Waals surface area contributed by atoms with Gasteiger partial charge in [0.15, 0.2) is 0 Å². The van der Waals surface area contributed by atoms with E-state index in [0.29, 0.717) is 19.1 Å². The highest BCUT2D eigenvalue weighted by Crippen LogP contribution is 2.12. The molecular formula is C14H17NO3. The van der Waals surface area contributed by atoms with Crippen molar-refractivity contribution in [3.8, 4) is 0 Å². The SMILES string of the molecule is CC(C)C=C=CCOCc1ccc([N+](=O)[O-])cc1. The molecule has 18 heavy (non-hydrogen) atoms. The topological polar surface area (TPSA) is 52.4 Å². The Morgan fingerprint density at radius 1 is 1.39 bits per heavy atom. The highest BCUT2D eigenvalue weighted by atomic mass is 16.6. The third kappa shape index (κ3) is 5.43. The molecule has 0 aliphatic heterocycles. The van der Waals surface area contributed by atoms with Gasteiger partial charge < -0.3 is 4.74 Å². The molecule has 0 N–H and O–H groups in total. The van der Waals surface area contributed by atoms with E-state index in [1.54, 1.807) is 12.1 Å². The third-order valence-corrected chi connectivity index (χ3v) is 2.16. The molecule has 1 aromatic rings. The summed E-state index contributed by atoms with van der Waals surface area (Å²) in [6.45, 7) is 5.09. The van der Waals surface area contributed by atoms with Crippen molar-refractivity contribution in [2.45, 2.75) is 20.5 Å². The smallest absolute Gasteiger partial charge is 0.269 e. The maximum absolute atomic E-state index is 10.5. The van der Waals surface area contributed by atoms with E-state index in [9.17, 15) is 10.1 Å². The highest BCUT2D eigenvalue weighted by molar-refractivity contribution is 5.32. The van der Waals surface area contributed by atoms with Gasteiger partial charge in [-0.05, 0) is 35.8 Å². The Hall–Kier alpha value is -1.90. The van der Waals surface area contributed by atoms with Crippen LogP contribution in [0.3, 0.4) is 0 Å². The maximum Gasteiger partial charge on any atom is 0.269 e. The van der Waals surface area contributed by atoms with Gasteiger partial charge >= 0.3 is 0 Å². The van der Waals surface area contributed by atoms with E-state index in [1.807, 2.05) is 12.2 Å². The second-order valence-corrected chi connectivity index (χ2v) is 4.22. The molecule has 0 atom stereocenters. The molecule has 0 unspecified atom stereocenters. The summed E-state index contributed by atoms with van der Waals surface area (Å²) < 4.78 is 5.39. The standard InChI is InChI=1S/C14H17NO3/c1-12(2)5-3-4-10-18-11-13-6-8-14(9-7-13)15(16)17/h4-9,12H,10-11H2,1-2H3. The number of benzene rings is 1. The average molecular weight is 247 g/mol. The quantitative estimate of drug-likeness (QED) is 0.334. The first kappa shape index (κ1) is 14.2. The minimum absolute atomic E-state index is 0.0958. The van der Waals surface area contributed by atoms with E-state index in [2.05, 4.69) is 19.6 Å². The first-order valence-corrected chi connectivity index (χ1v) is 5.81. The highest BCUT2D eigenvalue weighted by Gasteiger charge is 2.03. The zero-order chi connectivity index (χ0) is 13.4. The minimum atomic E-state index is -0.413. The summed E-state index contributed by atoms with van der Waals surface area (Å²) in [5, 5.41) is 10.5. The number of nitrogens with zero attached hydrogens (tertiary/aromatic N) is 1. The maximum atomic E-state index is 10.5. The Balaban J connectivity index is 2.36. The molecule has 0 aliphatic carbocycles. The summed E-state index contributed by atoms with van der Waals surface area (Å²) in [6.07, 6.45) is 3.79. The molecule has 0 bridgehead atoms. The first-order valence-electron chi connectivity index (χ1n) is 5.81. The molecule has 0 saturated heterocycles. The lowest BCUT2D eigenvalue weighted by Crippen LogP contribution is -1.93. The summed E-state index contributed by atoms with van der Waals surface area (Å²) in [5.41, 5.74) is 4.05. The summed E-state index contributed by atoms with van der Waals surface area (Å²) in [5.74, 6) is 0.482. The monoisotopic (exact) mass is 247 g/mol. The van der Waals surface area contributed by atoms with Crippen LogP contribution >= 0.6 is 0 Å². The minimum Gasteiger partial charge on any atom is -0.372 e. The second kappa shape index (κ2) is 7.43. The number of nitro benzene ring substituents is 1. The van der Waals surface area contributed by atoms with Crippen LogP contribution in [0.25, 0.3) is 0 Å². The van der Waals surface area contributed by atoms with Crippen molar-refractivity contribution in [1.29, 1.82) is 0 Å². The molecule has 4 heteroatoms. The number of ether oxygens (including phenoxy) is 1. The lowest BCUT2D eigenvalue weighted by atomic mass is 10.2. The van der Waals surface area contributed by atoms with Crippen LogP contribution in [-0.4, -0.2) is 11.5 Å². The largest absolute Gasteiger partial charge is 0.372 e. The number of hydrogen-bond acceptors (Lipinski definition) is 3. The van der Waals surface area contributed by atoms with Gasteiger partial charge in [-0.2, -0.15) is 0 Å². The molecule has 0 heterocycles. The van der Waals surface area contributed by atoms with Gasteiger partial charge in [0.2, 0.25) is 0 Å². The summed E-state index contributed by atoms with van der Waals surface area (Å²) in [6, 6.07) is 6.36. The number of rotatable bonds is 6. The third-order valence-electron chi connectivity index (χ3n) is 2.16. The van der Waals surface area contributed by atoms with Gasteiger partial charge in [0.1, 0.15) is 0 Å². The fraction of sp³-hybridized carbons (Fsp3) is 0.357. The number of hydrogen-bond donors (Lipinski definition) is 0. The van der Waals surface area contributed by atoms with E-state index < -0.39 is 4.92 Å².